The molecule has 0 spiro atoms. The van der Waals surface area contributed by atoms with Gasteiger partial charge in [0.2, 0.25) is 11.9 Å². The summed E-state index contributed by atoms with van der Waals surface area (Å²) in [7, 11) is 0. The maximum absolute atomic E-state index is 12.0. The van der Waals surface area contributed by atoms with Gasteiger partial charge in [-0.1, -0.05) is 31.4 Å². The summed E-state index contributed by atoms with van der Waals surface area (Å²) in [6.07, 6.45) is 10.6. The Kier molecular flexibility index (Phi) is 4.92. The van der Waals surface area contributed by atoms with Gasteiger partial charge in [0.15, 0.2) is 5.65 Å². The van der Waals surface area contributed by atoms with Crippen molar-refractivity contribution >= 4 is 23.2 Å². The zero-order valence-corrected chi connectivity index (χ0v) is 16.6. The normalized spacial score (nSPS) is 17.4. The average Bonchev–Trinajstić information content (AvgIpc) is 3.53. The number of rotatable bonds is 6. The smallest absolute Gasteiger partial charge is 0.249 e. The maximum Gasteiger partial charge on any atom is 0.249 e. The van der Waals surface area contributed by atoms with Crippen molar-refractivity contribution in [3.8, 4) is 11.1 Å². The molecule has 0 unspecified atom stereocenters. The lowest BCUT2D eigenvalue weighted by Gasteiger charge is -2.22. The predicted molar refractivity (Wildman–Crippen MR) is 115 cm³/mol. The summed E-state index contributed by atoms with van der Waals surface area (Å²) in [6.45, 7) is 1.06. The molecule has 2 aromatic heterocycles. The van der Waals surface area contributed by atoms with Crippen LogP contribution in [0.3, 0.4) is 0 Å². The Hall–Kier alpha value is -2.89. The first-order valence-corrected chi connectivity index (χ1v) is 10.8. The van der Waals surface area contributed by atoms with Crippen LogP contribution in [0.4, 0.5) is 11.6 Å². The molecule has 2 saturated carbocycles. The Labute approximate surface area is 170 Å². The fraction of sp³-hybridized carbons (Fsp3) is 0.435. The molecule has 3 aromatic rings. The zero-order valence-electron chi connectivity index (χ0n) is 16.6. The largest absolute Gasteiger partial charge is 0.385 e. The lowest BCUT2D eigenvalue weighted by molar-refractivity contribution is -0.117. The molecular formula is C23H27N5O. The molecule has 1 amide bonds. The maximum atomic E-state index is 12.0. The quantitative estimate of drug-likeness (QED) is 0.639. The molecule has 0 atom stereocenters. The summed E-state index contributed by atoms with van der Waals surface area (Å²) in [4.78, 5) is 16.6. The van der Waals surface area contributed by atoms with Gasteiger partial charge in [0.05, 0.1) is 0 Å². The summed E-state index contributed by atoms with van der Waals surface area (Å²) >= 11 is 0. The van der Waals surface area contributed by atoms with E-state index in [-0.39, 0.29) is 11.8 Å². The third-order valence-electron chi connectivity index (χ3n) is 6.06. The summed E-state index contributed by atoms with van der Waals surface area (Å²) in [5, 5.41) is 10.8. The minimum atomic E-state index is 0.0239. The summed E-state index contributed by atoms with van der Waals surface area (Å²) in [5.41, 5.74) is 4.00. The van der Waals surface area contributed by atoms with Crippen LogP contribution in [0.25, 0.3) is 16.8 Å². The first kappa shape index (κ1) is 18.2. The number of pyridine rings is 1. The highest BCUT2D eigenvalue weighted by Crippen LogP contribution is 2.30. The minimum absolute atomic E-state index is 0.0239. The molecule has 150 valence electrons. The number of carbonyl (C=O) groups excluding carboxylic acids is 1. The van der Waals surface area contributed by atoms with Crippen LogP contribution in [0, 0.1) is 11.8 Å². The van der Waals surface area contributed by atoms with E-state index in [2.05, 4.69) is 45.0 Å². The topological polar surface area (TPSA) is 71.3 Å². The van der Waals surface area contributed by atoms with Gasteiger partial charge >= 0.3 is 0 Å². The average molecular weight is 390 g/mol. The van der Waals surface area contributed by atoms with Crippen LogP contribution in [0.5, 0.6) is 0 Å². The Morgan fingerprint density at radius 1 is 1.03 bits per heavy atom. The number of hydrogen-bond donors (Lipinski definition) is 2. The van der Waals surface area contributed by atoms with Crippen LogP contribution in [-0.4, -0.2) is 27.0 Å². The number of aromatic nitrogens is 3. The molecular weight excluding hydrogens is 362 g/mol. The molecule has 0 radical (unpaired) electrons. The second-order valence-corrected chi connectivity index (χ2v) is 8.35. The van der Waals surface area contributed by atoms with Crippen LogP contribution in [-0.2, 0) is 4.79 Å². The van der Waals surface area contributed by atoms with E-state index in [1.165, 1.54) is 32.1 Å². The van der Waals surface area contributed by atoms with Crippen LogP contribution >= 0.6 is 0 Å². The van der Waals surface area contributed by atoms with Gasteiger partial charge in [-0.2, -0.15) is 4.98 Å². The van der Waals surface area contributed by atoms with E-state index in [9.17, 15) is 4.79 Å². The van der Waals surface area contributed by atoms with E-state index in [1.54, 1.807) is 4.52 Å². The van der Waals surface area contributed by atoms with Gasteiger partial charge < -0.3 is 5.32 Å². The molecule has 2 N–H and O–H groups in total. The molecule has 0 bridgehead atoms. The van der Waals surface area contributed by atoms with Gasteiger partial charge in [0.25, 0.3) is 0 Å². The second-order valence-electron chi connectivity index (χ2n) is 8.35. The van der Waals surface area contributed by atoms with Gasteiger partial charge in [-0.15, -0.1) is 5.10 Å². The molecule has 1 aromatic carbocycles. The van der Waals surface area contributed by atoms with Gasteiger partial charge in [-0.3, -0.25) is 10.1 Å². The van der Waals surface area contributed by atoms with Crippen molar-refractivity contribution in [2.45, 2.75) is 44.9 Å². The van der Waals surface area contributed by atoms with Crippen molar-refractivity contribution in [3.63, 3.8) is 0 Å². The third-order valence-corrected chi connectivity index (χ3v) is 6.06. The highest BCUT2D eigenvalue weighted by Gasteiger charge is 2.30. The van der Waals surface area contributed by atoms with E-state index >= 15 is 0 Å². The molecule has 2 aliphatic carbocycles. The van der Waals surface area contributed by atoms with Crippen LogP contribution < -0.4 is 10.6 Å². The first-order valence-electron chi connectivity index (χ1n) is 10.8. The number of benzene rings is 1. The monoisotopic (exact) mass is 389 g/mol. The van der Waals surface area contributed by atoms with Gasteiger partial charge in [0, 0.05) is 29.9 Å². The summed E-state index contributed by atoms with van der Waals surface area (Å²) in [5.74, 6) is 1.34. The van der Waals surface area contributed by atoms with Crippen molar-refractivity contribution in [2.24, 2.45) is 11.8 Å². The van der Waals surface area contributed by atoms with Crippen molar-refractivity contribution < 1.29 is 4.79 Å². The van der Waals surface area contributed by atoms with Crippen molar-refractivity contribution in [2.75, 3.05) is 17.2 Å². The van der Waals surface area contributed by atoms with Gasteiger partial charge in [0.1, 0.15) is 0 Å². The molecule has 0 saturated heterocycles. The number of fused-ring (bicyclic) bond motifs is 1. The molecule has 2 fully saturated rings. The number of nitrogens with one attached hydrogen (secondary N) is 2. The van der Waals surface area contributed by atoms with E-state index in [0.29, 0.717) is 5.95 Å². The van der Waals surface area contributed by atoms with Crippen LogP contribution in [0.2, 0.25) is 0 Å². The molecule has 5 rings (SSSR count). The van der Waals surface area contributed by atoms with Crippen LogP contribution in [0.1, 0.15) is 44.9 Å². The number of anilines is 2. The highest BCUT2D eigenvalue weighted by molar-refractivity contribution is 5.93. The van der Waals surface area contributed by atoms with Gasteiger partial charge in [-0.25, -0.2) is 4.52 Å². The highest BCUT2D eigenvalue weighted by atomic mass is 16.2. The Morgan fingerprint density at radius 2 is 1.83 bits per heavy atom. The van der Waals surface area contributed by atoms with E-state index < -0.39 is 0 Å². The molecule has 2 heterocycles. The standard InChI is InChI=1S/C23H27N5O/c29-22(18-8-9-18)26-23-25-21-20(7-4-14-28(21)27-23)17-10-12-19(13-11-17)24-15-16-5-2-1-3-6-16/h4,7,10-14,16,18,24H,1-3,5-6,8-9,15H2,(H,26,27,29). The molecule has 6 heteroatoms. The lowest BCUT2D eigenvalue weighted by Crippen LogP contribution is -2.16. The fourth-order valence-corrected chi connectivity index (χ4v) is 4.16. The van der Waals surface area contributed by atoms with Crippen LogP contribution in [0.15, 0.2) is 42.6 Å². The fourth-order valence-electron chi connectivity index (χ4n) is 4.16. The zero-order chi connectivity index (χ0) is 19.6. The minimum Gasteiger partial charge on any atom is -0.385 e. The predicted octanol–water partition coefficient (Wildman–Crippen LogP) is 4.74. The molecule has 6 nitrogen and oxygen atoms in total. The molecule has 0 aliphatic heterocycles. The second kappa shape index (κ2) is 7.85. The third kappa shape index (κ3) is 4.11. The first-order chi connectivity index (χ1) is 14.3. The van der Waals surface area contributed by atoms with E-state index in [1.807, 2.05) is 18.3 Å². The Bertz CT molecular complexity index is 1000. The van der Waals surface area contributed by atoms with Crippen molar-refractivity contribution in [1.82, 2.24) is 14.6 Å². The van der Waals surface area contributed by atoms with Crippen molar-refractivity contribution in [1.29, 1.82) is 0 Å². The SMILES string of the molecule is O=C(Nc1nc2c(-c3ccc(NCC4CCCCC4)cc3)cccn2n1)C1CC1. The Morgan fingerprint density at radius 3 is 2.59 bits per heavy atom. The summed E-state index contributed by atoms with van der Waals surface area (Å²) in [6, 6.07) is 12.5. The number of hydrogen-bond acceptors (Lipinski definition) is 4. The van der Waals surface area contributed by atoms with Crippen molar-refractivity contribution in [3.05, 3.63) is 42.6 Å². The lowest BCUT2D eigenvalue weighted by atomic mass is 9.89. The van der Waals surface area contributed by atoms with Gasteiger partial charge in [-0.05, 0) is 61.4 Å². The summed E-state index contributed by atoms with van der Waals surface area (Å²) < 4.78 is 1.73. The number of nitrogens with zero attached hydrogens (tertiary/aromatic N) is 3. The van der Waals surface area contributed by atoms with E-state index in [0.717, 1.165) is 47.8 Å². The number of amides is 1. The Balaban J connectivity index is 1.31. The van der Waals surface area contributed by atoms with E-state index in [4.69, 9.17) is 0 Å². The molecule has 29 heavy (non-hydrogen) atoms. The molecule has 2 aliphatic rings. The number of carbonyl (C=O) groups is 1.